The van der Waals surface area contributed by atoms with Crippen LogP contribution in [0.1, 0.15) is 57.4 Å². The van der Waals surface area contributed by atoms with E-state index in [2.05, 4.69) is 30.4 Å². The number of unbranched alkanes of at least 4 members (excludes halogenated alkanes) is 2. The summed E-state index contributed by atoms with van der Waals surface area (Å²) in [5.41, 5.74) is 2.52. The summed E-state index contributed by atoms with van der Waals surface area (Å²) in [6.45, 7) is 3.95. The summed E-state index contributed by atoms with van der Waals surface area (Å²) < 4.78 is 0. The smallest absolute Gasteiger partial charge is 0.324 e. The van der Waals surface area contributed by atoms with Gasteiger partial charge in [-0.1, -0.05) is 56.2 Å². The molecule has 2 heterocycles. The highest BCUT2D eigenvalue weighted by Crippen LogP contribution is 2.35. The van der Waals surface area contributed by atoms with Crippen LogP contribution in [0.4, 0.5) is 4.79 Å². The maximum atomic E-state index is 13.2. The Labute approximate surface area is 184 Å². The average Bonchev–Trinajstić information content (AvgIpc) is 2.81. The number of hydrogen-bond donors (Lipinski definition) is 1. The molecule has 31 heavy (non-hydrogen) atoms. The summed E-state index contributed by atoms with van der Waals surface area (Å²) in [7, 11) is 0. The second-order valence-electron chi connectivity index (χ2n) is 9.00. The van der Waals surface area contributed by atoms with E-state index < -0.39 is 0 Å². The second kappa shape index (κ2) is 9.67. The Morgan fingerprint density at radius 1 is 1.13 bits per heavy atom. The van der Waals surface area contributed by atoms with Gasteiger partial charge in [0, 0.05) is 31.6 Å². The molecule has 6 nitrogen and oxygen atoms in total. The van der Waals surface area contributed by atoms with Crippen LogP contribution in [0, 0.1) is 11.8 Å². The molecule has 1 aromatic carbocycles. The molecule has 4 rings (SSSR count). The van der Waals surface area contributed by atoms with Crippen molar-refractivity contribution in [1.82, 2.24) is 15.1 Å². The maximum Gasteiger partial charge on any atom is 0.324 e. The quantitative estimate of drug-likeness (QED) is 0.707. The third-order valence-corrected chi connectivity index (χ3v) is 6.99. The first kappa shape index (κ1) is 21.6. The molecule has 6 heteroatoms. The Balaban J connectivity index is 1.34. The fourth-order valence-electron chi connectivity index (χ4n) is 5.16. The van der Waals surface area contributed by atoms with E-state index in [1.807, 2.05) is 23.1 Å². The maximum absolute atomic E-state index is 13.2. The van der Waals surface area contributed by atoms with E-state index in [4.69, 9.17) is 0 Å². The van der Waals surface area contributed by atoms with Gasteiger partial charge in [0.1, 0.15) is 0 Å². The molecule has 166 valence electrons. The fourth-order valence-corrected chi connectivity index (χ4v) is 5.16. The first-order valence-electron chi connectivity index (χ1n) is 11.7. The standard InChI is InChI=1S/C25H33N3O3/c1-2-3-7-14-28-24(30)21-11-10-20(17-22(21)26-25(28)31)23(29)27-15-12-19(13-16-27)18-8-5-4-6-9-18/h4-6,8-9,12,20-22H,2-3,7,10-11,13-17H2,1H3,(H,26,31). The largest absolute Gasteiger partial charge is 0.338 e. The van der Waals surface area contributed by atoms with Crippen LogP contribution in [-0.2, 0) is 9.59 Å². The van der Waals surface area contributed by atoms with Crippen LogP contribution in [0.5, 0.6) is 0 Å². The molecule has 1 aromatic rings. The molecule has 1 saturated heterocycles. The monoisotopic (exact) mass is 423 g/mol. The van der Waals surface area contributed by atoms with Crippen molar-refractivity contribution in [2.75, 3.05) is 19.6 Å². The van der Waals surface area contributed by atoms with Gasteiger partial charge in [-0.15, -0.1) is 0 Å². The molecule has 0 bridgehead atoms. The molecule has 1 saturated carbocycles. The zero-order chi connectivity index (χ0) is 21.8. The Bertz CT molecular complexity index is 851. The number of fused-ring (bicyclic) bond motifs is 1. The summed E-state index contributed by atoms with van der Waals surface area (Å²) in [4.78, 5) is 41.9. The average molecular weight is 424 g/mol. The Hall–Kier alpha value is -2.63. The first-order valence-corrected chi connectivity index (χ1v) is 11.7. The third-order valence-electron chi connectivity index (χ3n) is 6.99. The SMILES string of the molecule is CCCCCN1C(=O)NC2CC(C(=O)N3CC=C(c4ccccc4)CC3)CCC2C1=O. The van der Waals surface area contributed by atoms with Crippen molar-refractivity contribution >= 4 is 23.4 Å². The number of carbonyl (C=O) groups is 3. The Morgan fingerprint density at radius 2 is 1.94 bits per heavy atom. The third kappa shape index (κ3) is 4.68. The lowest BCUT2D eigenvalue weighted by molar-refractivity contribution is -0.142. The lowest BCUT2D eigenvalue weighted by atomic mass is 9.76. The number of benzene rings is 1. The number of imide groups is 1. The van der Waals surface area contributed by atoms with Crippen molar-refractivity contribution in [1.29, 1.82) is 0 Å². The van der Waals surface area contributed by atoms with Gasteiger partial charge in [0.05, 0.1) is 5.92 Å². The van der Waals surface area contributed by atoms with E-state index in [1.54, 1.807) is 0 Å². The summed E-state index contributed by atoms with van der Waals surface area (Å²) in [5.74, 6) is -0.194. The van der Waals surface area contributed by atoms with Crippen LogP contribution in [0.15, 0.2) is 36.4 Å². The van der Waals surface area contributed by atoms with E-state index in [-0.39, 0.29) is 35.7 Å². The normalized spacial score (nSPS) is 26.2. The van der Waals surface area contributed by atoms with Crippen molar-refractivity contribution in [3.05, 3.63) is 42.0 Å². The molecule has 3 unspecified atom stereocenters. The van der Waals surface area contributed by atoms with Gasteiger partial charge in [-0.05, 0) is 43.2 Å². The van der Waals surface area contributed by atoms with Crippen molar-refractivity contribution in [2.24, 2.45) is 11.8 Å². The molecule has 1 aliphatic carbocycles. The van der Waals surface area contributed by atoms with E-state index in [9.17, 15) is 14.4 Å². The highest BCUT2D eigenvalue weighted by molar-refractivity contribution is 5.99. The van der Waals surface area contributed by atoms with Gasteiger partial charge in [0.25, 0.3) is 0 Å². The number of nitrogens with zero attached hydrogens (tertiary/aromatic N) is 2. The van der Waals surface area contributed by atoms with Gasteiger partial charge in [0.15, 0.2) is 0 Å². The minimum Gasteiger partial charge on any atom is -0.338 e. The predicted molar refractivity (Wildman–Crippen MR) is 120 cm³/mol. The highest BCUT2D eigenvalue weighted by Gasteiger charge is 2.45. The number of amides is 4. The second-order valence-corrected chi connectivity index (χ2v) is 9.00. The molecule has 0 spiro atoms. The number of rotatable bonds is 6. The van der Waals surface area contributed by atoms with Crippen LogP contribution in [0.3, 0.4) is 0 Å². The number of hydrogen-bond acceptors (Lipinski definition) is 3. The molecule has 3 atom stereocenters. The molecule has 0 aromatic heterocycles. The van der Waals surface area contributed by atoms with Crippen LogP contribution in [0.25, 0.3) is 5.57 Å². The van der Waals surface area contributed by atoms with E-state index in [0.29, 0.717) is 25.9 Å². The van der Waals surface area contributed by atoms with Gasteiger partial charge < -0.3 is 10.2 Å². The van der Waals surface area contributed by atoms with E-state index in [1.165, 1.54) is 16.0 Å². The van der Waals surface area contributed by atoms with Crippen molar-refractivity contribution in [3.63, 3.8) is 0 Å². The Morgan fingerprint density at radius 3 is 2.65 bits per heavy atom. The number of nitrogens with one attached hydrogen (secondary N) is 1. The van der Waals surface area contributed by atoms with Crippen LogP contribution in [-0.4, -0.2) is 53.3 Å². The Kier molecular flexibility index (Phi) is 6.73. The summed E-state index contributed by atoms with van der Waals surface area (Å²) in [6, 6.07) is 9.80. The number of carbonyl (C=O) groups excluding carboxylic acids is 3. The highest BCUT2D eigenvalue weighted by atomic mass is 16.2. The fraction of sp³-hybridized carbons (Fsp3) is 0.560. The minimum absolute atomic E-state index is 0.0517. The molecule has 3 aliphatic rings. The van der Waals surface area contributed by atoms with Crippen LogP contribution in [0.2, 0.25) is 0 Å². The molecule has 1 N–H and O–H groups in total. The summed E-state index contributed by atoms with van der Waals surface area (Å²) in [5, 5.41) is 3.03. The van der Waals surface area contributed by atoms with Gasteiger partial charge in [-0.2, -0.15) is 0 Å². The minimum atomic E-state index is -0.288. The summed E-state index contributed by atoms with van der Waals surface area (Å²) >= 11 is 0. The molecular formula is C25H33N3O3. The topological polar surface area (TPSA) is 69.7 Å². The zero-order valence-corrected chi connectivity index (χ0v) is 18.4. The van der Waals surface area contributed by atoms with Crippen molar-refractivity contribution in [3.8, 4) is 0 Å². The lowest BCUT2D eigenvalue weighted by Gasteiger charge is -2.43. The molecule has 2 aliphatic heterocycles. The van der Waals surface area contributed by atoms with Crippen LogP contribution >= 0.6 is 0 Å². The zero-order valence-electron chi connectivity index (χ0n) is 18.4. The predicted octanol–water partition coefficient (Wildman–Crippen LogP) is 3.83. The summed E-state index contributed by atoms with van der Waals surface area (Å²) in [6.07, 6.45) is 7.88. The molecule has 2 fully saturated rings. The first-order chi connectivity index (χ1) is 15.1. The van der Waals surface area contributed by atoms with Gasteiger partial charge in [0.2, 0.25) is 11.8 Å². The van der Waals surface area contributed by atoms with Crippen molar-refractivity contribution < 1.29 is 14.4 Å². The molecule has 4 amide bonds. The molecule has 0 radical (unpaired) electrons. The van der Waals surface area contributed by atoms with E-state index >= 15 is 0 Å². The van der Waals surface area contributed by atoms with Gasteiger partial charge in [-0.3, -0.25) is 14.5 Å². The van der Waals surface area contributed by atoms with Crippen LogP contribution < -0.4 is 5.32 Å². The lowest BCUT2D eigenvalue weighted by Crippen LogP contribution is -2.62. The van der Waals surface area contributed by atoms with E-state index in [0.717, 1.165) is 38.6 Å². The number of urea groups is 1. The van der Waals surface area contributed by atoms with Crippen molar-refractivity contribution in [2.45, 2.75) is 57.9 Å². The van der Waals surface area contributed by atoms with Gasteiger partial charge in [-0.25, -0.2) is 4.79 Å². The molecular weight excluding hydrogens is 390 g/mol. The van der Waals surface area contributed by atoms with Gasteiger partial charge >= 0.3 is 6.03 Å².